The van der Waals surface area contributed by atoms with E-state index in [4.69, 9.17) is 4.98 Å². The highest BCUT2D eigenvalue weighted by Gasteiger charge is 2.15. The maximum absolute atomic E-state index is 4.87. The molecule has 0 saturated carbocycles. The number of nitrogens with zero attached hydrogens (tertiary/aromatic N) is 1. The fourth-order valence-corrected chi connectivity index (χ4v) is 4.11. The summed E-state index contributed by atoms with van der Waals surface area (Å²) in [6, 6.07) is 29.0. The van der Waals surface area contributed by atoms with Crippen LogP contribution in [0.1, 0.15) is 0 Å². The van der Waals surface area contributed by atoms with Crippen LogP contribution < -0.4 is 10.9 Å². The maximum atomic E-state index is 4.87. The van der Waals surface area contributed by atoms with Gasteiger partial charge in [0, 0.05) is 10.5 Å². The molecular formula is C22H19N3S2. The van der Waals surface area contributed by atoms with E-state index in [1.54, 1.807) is 23.1 Å². The summed E-state index contributed by atoms with van der Waals surface area (Å²) in [5.41, 5.74) is 10.7. The van der Waals surface area contributed by atoms with Crippen molar-refractivity contribution >= 4 is 33.9 Å². The molecule has 3 aromatic carbocycles. The summed E-state index contributed by atoms with van der Waals surface area (Å²) >= 11 is 3.39. The first-order chi connectivity index (χ1) is 13.3. The van der Waals surface area contributed by atoms with Gasteiger partial charge in [-0.1, -0.05) is 72.0 Å². The molecule has 0 bridgehead atoms. The lowest BCUT2D eigenvalue weighted by atomic mass is 10.1. The summed E-state index contributed by atoms with van der Waals surface area (Å²) in [7, 11) is 0. The van der Waals surface area contributed by atoms with Gasteiger partial charge in [0.25, 0.3) is 0 Å². The number of thiazole rings is 1. The Morgan fingerprint density at radius 3 is 2.07 bits per heavy atom. The second-order valence-corrected chi connectivity index (χ2v) is 7.79. The predicted octanol–water partition coefficient (Wildman–Crippen LogP) is 6.64. The highest BCUT2D eigenvalue weighted by atomic mass is 32.2. The first-order valence-corrected chi connectivity index (χ1v) is 10.7. The van der Waals surface area contributed by atoms with Crippen LogP contribution in [0.25, 0.3) is 21.7 Å². The van der Waals surface area contributed by atoms with Crippen molar-refractivity contribution in [3.05, 3.63) is 84.9 Å². The van der Waals surface area contributed by atoms with Crippen molar-refractivity contribution < 1.29 is 0 Å². The number of nitrogens with one attached hydrogen (secondary N) is 2. The number of aromatic nitrogens is 1. The SMILES string of the molecule is CSc1ccc(-c2nc(NNc3ccccc3)sc2-c2ccccc2)cc1. The minimum atomic E-state index is 0.835. The van der Waals surface area contributed by atoms with Crippen molar-refractivity contribution in [2.45, 2.75) is 4.90 Å². The van der Waals surface area contributed by atoms with E-state index in [0.717, 1.165) is 27.0 Å². The van der Waals surface area contributed by atoms with Gasteiger partial charge in [0.05, 0.1) is 16.3 Å². The second kappa shape index (κ2) is 8.29. The normalized spacial score (nSPS) is 10.6. The molecule has 4 rings (SSSR count). The monoisotopic (exact) mass is 389 g/mol. The quantitative estimate of drug-likeness (QED) is 0.286. The van der Waals surface area contributed by atoms with E-state index in [1.165, 1.54) is 10.5 Å². The molecule has 134 valence electrons. The first-order valence-electron chi connectivity index (χ1n) is 8.61. The number of anilines is 2. The van der Waals surface area contributed by atoms with Crippen LogP contribution in [-0.2, 0) is 0 Å². The van der Waals surface area contributed by atoms with Gasteiger partial charge in [-0.3, -0.25) is 10.9 Å². The number of rotatable bonds is 6. The number of hydrazine groups is 1. The lowest BCUT2D eigenvalue weighted by Gasteiger charge is -2.05. The highest BCUT2D eigenvalue weighted by Crippen LogP contribution is 2.39. The fraction of sp³-hybridized carbons (Fsp3) is 0.0455. The molecule has 0 atom stereocenters. The van der Waals surface area contributed by atoms with Gasteiger partial charge in [0.15, 0.2) is 0 Å². The van der Waals surface area contributed by atoms with E-state index in [0.29, 0.717) is 0 Å². The molecule has 0 fully saturated rings. The van der Waals surface area contributed by atoms with Crippen LogP contribution in [0.3, 0.4) is 0 Å². The summed E-state index contributed by atoms with van der Waals surface area (Å²) in [4.78, 5) is 7.27. The molecule has 5 heteroatoms. The van der Waals surface area contributed by atoms with Crippen molar-refractivity contribution in [1.29, 1.82) is 0 Å². The average Bonchev–Trinajstić information content (AvgIpc) is 3.18. The summed E-state index contributed by atoms with van der Waals surface area (Å²) in [5.74, 6) is 0. The number of benzene rings is 3. The molecule has 2 N–H and O–H groups in total. The third-order valence-corrected chi connectivity index (χ3v) is 5.88. The third kappa shape index (κ3) is 4.15. The lowest BCUT2D eigenvalue weighted by Crippen LogP contribution is -2.07. The van der Waals surface area contributed by atoms with Crippen LogP contribution in [0.2, 0.25) is 0 Å². The zero-order chi connectivity index (χ0) is 18.5. The summed E-state index contributed by atoms with van der Waals surface area (Å²) in [6.45, 7) is 0. The number of para-hydroxylation sites is 1. The van der Waals surface area contributed by atoms with Crippen LogP contribution in [0.4, 0.5) is 10.8 Å². The van der Waals surface area contributed by atoms with Crippen molar-refractivity contribution in [1.82, 2.24) is 4.98 Å². The van der Waals surface area contributed by atoms with Crippen molar-refractivity contribution in [2.24, 2.45) is 0 Å². The van der Waals surface area contributed by atoms with Crippen LogP contribution >= 0.6 is 23.1 Å². The van der Waals surface area contributed by atoms with Crippen LogP contribution in [-0.4, -0.2) is 11.2 Å². The molecular weight excluding hydrogens is 370 g/mol. The van der Waals surface area contributed by atoms with Crippen molar-refractivity contribution in [3.63, 3.8) is 0 Å². The average molecular weight is 390 g/mol. The standard InChI is InChI=1S/C22H19N3S2/c1-26-19-14-12-16(13-15-19)20-21(17-8-4-2-5-9-17)27-22(23-20)25-24-18-10-6-3-7-11-18/h2-15,24H,1H3,(H,23,25). The van der Waals surface area contributed by atoms with Gasteiger partial charge < -0.3 is 0 Å². The molecule has 0 aliphatic carbocycles. The minimum Gasteiger partial charge on any atom is -0.299 e. The molecule has 3 nitrogen and oxygen atoms in total. The summed E-state index contributed by atoms with van der Waals surface area (Å²) in [5, 5.41) is 0.835. The summed E-state index contributed by atoms with van der Waals surface area (Å²) < 4.78 is 0. The lowest BCUT2D eigenvalue weighted by molar-refractivity contribution is 1.32. The molecule has 0 amide bonds. The van der Waals surface area contributed by atoms with Gasteiger partial charge in [0.2, 0.25) is 5.13 Å². The smallest absolute Gasteiger partial charge is 0.202 e. The van der Waals surface area contributed by atoms with E-state index in [1.807, 2.05) is 36.4 Å². The van der Waals surface area contributed by atoms with E-state index in [2.05, 4.69) is 65.6 Å². The molecule has 4 aromatic rings. The van der Waals surface area contributed by atoms with E-state index < -0.39 is 0 Å². The van der Waals surface area contributed by atoms with E-state index in [-0.39, 0.29) is 0 Å². The van der Waals surface area contributed by atoms with Gasteiger partial charge in [-0.15, -0.1) is 11.8 Å². The third-order valence-electron chi connectivity index (χ3n) is 4.11. The zero-order valence-electron chi connectivity index (χ0n) is 14.8. The van der Waals surface area contributed by atoms with Crippen LogP contribution in [0.5, 0.6) is 0 Å². The van der Waals surface area contributed by atoms with Gasteiger partial charge in [-0.25, -0.2) is 4.98 Å². The van der Waals surface area contributed by atoms with Crippen LogP contribution in [0.15, 0.2) is 89.8 Å². The second-order valence-electron chi connectivity index (χ2n) is 5.91. The molecule has 0 spiro atoms. The largest absolute Gasteiger partial charge is 0.299 e. The number of hydrogen-bond donors (Lipinski definition) is 2. The van der Waals surface area contributed by atoms with Crippen molar-refractivity contribution in [2.75, 3.05) is 17.1 Å². The molecule has 0 radical (unpaired) electrons. The topological polar surface area (TPSA) is 37.0 Å². The summed E-state index contributed by atoms with van der Waals surface area (Å²) in [6.07, 6.45) is 2.09. The molecule has 0 aliphatic heterocycles. The predicted molar refractivity (Wildman–Crippen MR) is 118 cm³/mol. The van der Waals surface area contributed by atoms with Crippen LogP contribution in [0, 0.1) is 0 Å². The number of thioether (sulfide) groups is 1. The zero-order valence-corrected chi connectivity index (χ0v) is 16.5. The number of hydrogen-bond acceptors (Lipinski definition) is 5. The van der Waals surface area contributed by atoms with E-state index in [9.17, 15) is 0 Å². The molecule has 0 aliphatic rings. The maximum Gasteiger partial charge on any atom is 0.202 e. The minimum absolute atomic E-state index is 0.835. The van der Waals surface area contributed by atoms with Gasteiger partial charge in [0.1, 0.15) is 0 Å². The Labute approximate surface area is 167 Å². The Kier molecular flexibility index (Phi) is 5.42. The Hall–Kier alpha value is -2.76. The molecule has 1 aromatic heterocycles. The molecule has 1 heterocycles. The molecule has 0 saturated heterocycles. The Balaban J connectivity index is 1.68. The van der Waals surface area contributed by atoms with Crippen molar-refractivity contribution in [3.8, 4) is 21.7 Å². The first kappa shape index (κ1) is 17.6. The molecule has 0 unspecified atom stereocenters. The fourth-order valence-electron chi connectivity index (χ4n) is 2.75. The van der Waals surface area contributed by atoms with Gasteiger partial charge in [-0.05, 0) is 36.1 Å². The van der Waals surface area contributed by atoms with Gasteiger partial charge >= 0.3 is 0 Å². The molecule has 27 heavy (non-hydrogen) atoms. The van der Waals surface area contributed by atoms with E-state index >= 15 is 0 Å². The Morgan fingerprint density at radius 2 is 1.41 bits per heavy atom. The highest BCUT2D eigenvalue weighted by molar-refractivity contribution is 7.98. The Morgan fingerprint density at radius 1 is 0.741 bits per heavy atom. The Bertz CT molecular complexity index is 997. The van der Waals surface area contributed by atoms with Gasteiger partial charge in [-0.2, -0.15) is 0 Å².